The summed E-state index contributed by atoms with van der Waals surface area (Å²) in [4.78, 5) is 12.5. The van der Waals surface area contributed by atoms with E-state index in [9.17, 15) is 4.79 Å². The van der Waals surface area contributed by atoms with Crippen molar-refractivity contribution in [2.45, 2.75) is 97.5 Å². The van der Waals surface area contributed by atoms with Crippen LogP contribution in [0.5, 0.6) is 5.75 Å². The number of benzene rings is 1. The first-order valence-corrected chi connectivity index (χ1v) is 10.6. The van der Waals surface area contributed by atoms with E-state index in [-0.39, 0.29) is 11.6 Å². The van der Waals surface area contributed by atoms with Crippen LogP contribution in [0.2, 0.25) is 0 Å². The fourth-order valence-corrected chi connectivity index (χ4v) is 3.23. The molecular weight excluding hydrogens is 324 g/mol. The molecule has 1 aromatic carbocycles. The summed E-state index contributed by atoms with van der Waals surface area (Å²) >= 11 is 0. The molecule has 0 radical (unpaired) electrons. The van der Waals surface area contributed by atoms with Gasteiger partial charge in [0, 0.05) is 0 Å². The van der Waals surface area contributed by atoms with Crippen molar-refractivity contribution in [1.82, 2.24) is 0 Å². The lowest BCUT2D eigenvalue weighted by atomic mass is 9.90. The summed E-state index contributed by atoms with van der Waals surface area (Å²) in [5.74, 6) is 0.387. The molecule has 0 amide bonds. The van der Waals surface area contributed by atoms with Crippen molar-refractivity contribution in [2.24, 2.45) is 0 Å². The van der Waals surface area contributed by atoms with Crippen molar-refractivity contribution in [3.05, 3.63) is 29.8 Å². The Morgan fingerprint density at radius 1 is 0.885 bits per heavy atom. The number of hydrogen-bond acceptors (Lipinski definition) is 3. The highest BCUT2D eigenvalue weighted by Crippen LogP contribution is 2.32. The fraction of sp³-hybridized carbons (Fsp3) is 0.696. The molecule has 3 nitrogen and oxygen atoms in total. The minimum atomic E-state index is -0.272. The van der Waals surface area contributed by atoms with Crippen LogP contribution in [0.4, 0.5) is 0 Å². The summed E-state index contributed by atoms with van der Waals surface area (Å²) in [6.07, 6.45) is 10.9. The quantitative estimate of drug-likeness (QED) is 0.265. The summed E-state index contributed by atoms with van der Waals surface area (Å²) < 4.78 is 11.9. The van der Waals surface area contributed by atoms with Crippen molar-refractivity contribution in [3.63, 3.8) is 0 Å². The predicted molar refractivity (Wildman–Crippen MR) is 109 cm³/mol. The zero-order valence-corrected chi connectivity index (χ0v) is 17.3. The van der Waals surface area contributed by atoms with Gasteiger partial charge < -0.3 is 9.47 Å². The van der Waals surface area contributed by atoms with Gasteiger partial charge in [0.1, 0.15) is 16.9 Å². The molecule has 0 spiro atoms. The van der Waals surface area contributed by atoms with Gasteiger partial charge in [0.05, 0.1) is 6.61 Å². The molecule has 0 fully saturated rings. The third-order valence-electron chi connectivity index (χ3n) is 5.19. The van der Waals surface area contributed by atoms with E-state index >= 15 is 0 Å². The lowest BCUT2D eigenvalue weighted by Crippen LogP contribution is -2.35. The zero-order chi connectivity index (χ0) is 19.3. The van der Waals surface area contributed by atoms with E-state index < -0.39 is 0 Å². The molecule has 0 bridgehead atoms. The van der Waals surface area contributed by atoms with E-state index in [0.717, 1.165) is 38.5 Å². The van der Waals surface area contributed by atoms with E-state index in [1.807, 2.05) is 24.3 Å². The summed E-state index contributed by atoms with van der Waals surface area (Å²) in [7, 11) is 0. The summed E-state index contributed by atoms with van der Waals surface area (Å²) in [5, 5.41) is 0. The second-order valence-corrected chi connectivity index (χ2v) is 7.14. The lowest BCUT2D eigenvalue weighted by molar-refractivity contribution is 0.0393. The molecule has 0 unspecified atom stereocenters. The third-order valence-corrected chi connectivity index (χ3v) is 5.19. The highest BCUT2D eigenvalue weighted by molar-refractivity contribution is 5.92. The zero-order valence-electron chi connectivity index (χ0n) is 17.3. The smallest absolute Gasteiger partial charge is 0.341 e. The van der Waals surface area contributed by atoms with E-state index in [1.54, 1.807) is 0 Å². The van der Waals surface area contributed by atoms with Gasteiger partial charge in [-0.25, -0.2) is 4.79 Å². The molecule has 0 aliphatic rings. The maximum atomic E-state index is 12.5. The Hall–Kier alpha value is -1.51. The molecule has 0 heterocycles. The third kappa shape index (κ3) is 7.39. The highest BCUT2D eigenvalue weighted by atomic mass is 16.5. The number of carbonyl (C=O) groups excluding carboxylic acids is 1. The molecule has 1 aromatic rings. The summed E-state index contributed by atoms with van der Waals surface area (Å²) in [5.41, 5.74) is 0.344. The number of rotatable bonds is 14. The van der Waals surface area contributed by atoms with Crippen LogP contribution in [-0.4, -0.2) is 18.2 Å². The van der Waals surface area contributed by atoms with Crippen LogP contribution in [0.15, 0.2) is 24.3 Å². The van der Waals surface area contributed by atoms with Crippen LogP contribution in [-0.2, 0) is 4.74 Å². The first kappa shape index (κ1) is 22.5. The van der Waals surface area contributed by atoms with Gasteiger partial charge in [-0.2, -0.15) is 0 Å². The van der Waals surface area contributed by atoms with Gasteiger partial charge in [0.15, 0.2) is 0 Å². The number of para-hydroxylation sites is 1. The number of ether oxygens (including phenoxy) is 2. The second kappa shape index (κ2) is 12.8. The Kier molecular flexibility index (Phi) is 11.1. The predicted octanol–water partition coefficient (Wildman–Crippen LogP) is 6.94. The minimum Gasteiger partial charge on any atom is -0.486 e. The molecule has 0 saturated heterocycles. The second-order valence-electron chi connectivity index (χ2n) is 7.14. The van der Waals surface area contributed by atoms with Crippen LogP contribution in [0.3, 0.4) is 0 Å². The molecule has 0 N–H and O–H groups in total. The first-order chi connectivity index (χ1) is 12.6. The molecule has 148 valence electrons. The standard InChI is InChI=1S/C23H38O3/c1-5-9-11-15-19-25-22(24)20-16-12-13-17-21(20)26-23(7-3,8-4)18-14-10-6-2/h12-13,16-17H,5-11,14-15,18-19H2,1-4H3. The number of unbranched alkanes of at least 4 members (excludes halogenated alkanes) is 5. The van der Waals surface area contributed by atoms with Gasteiger partial charge >= 0.3 is 5.97 Å². The molecule has 1 rings (SSSR count). The number of hydrogen-bond donors (Lipinski definition) is 0. The van der Waals surface area contributed by atoms with Gasteiger partial charge in [0.2, 0.25) is 0 Å². The van der Waals surface area contributed by atoms with Crippen molar-refractivity contribution in [1.29, 1.82) is 0 Å². The Morgan fingerprint density at radius 2 is 1.54 bits per heavy atom. The highest BCUT2D eigenvalue weighted by Gasteiger charge is 2.29. The summed E-state index contributed by atoms with van der Waals surface area (Å²) in [6.45, 7) is 9.21. The normalized spacial score (nSPS) is 11.4. The van der Waals surface area contributed by atoms with Gasteiger partial charge in [-0.1, -0.05) is 71.9 Å². The van der Waals surface area contributed by atoms with Crippen molar-refractivity contribution < 1.29 is 14.3 Å². The van der Waals surface area contributed by atoms with Crippen molar-refractivity contribution in [3.8, 4) is 5.75 Å². The number of esters is 1. The van der Waals surface area contributed by atoms with E-state index in [2.05, 4.69) is 27.7 Å². The SMILES string of the molecule is CCCCCCOC(=O)c1ccccc1OC(CC)(CC)CCCCC. The summed E-state index contributed by atoms with van der Waals surface area (Å²) in [6, 6.07) is 7.51. The molecule has 26 heavy (non-hydrogen) atoms. The molecule has 0 aliphatic carbocycles. The Labute approximate surface area is 160 Å². The molecule has 3 heteroatoms. The van der Waals surface area contributed by atoms with Crippen molar-refractivity contribution in [2.75, 3.05) is 6.61 Å². The molecular formula is C23H38O3. The van der Waals surface area contributed by atoms with Crippen LogP contribution in [0.25, 0.3) is 0 Å². The average molecular weight is 363 g/mol. The maximum absolute atomic E-state index is 12.5. The number of carbonyl (C=O) groups is 1. The van der Waals surface area contributed by atoms with Gasteiger partial charge in [-0.15, -0.1) is 0 Å². The lowest BCUT2D eigenvalue weighted by Gasteiger charge is -2.33. The van der Waals surface area contributed by atoms with E-state index in [4.69, 9.17) is 9.47 Å². The topological polar surface area (TPSA) is 35.5 Å². The van der Waals surface area contributed by atoms with Crippen LogP contribution >= 0.6 is 0 Å². The Morgan fingerprint density at radius 3 is 2.19 bits per heavy atom. The maximum Gasteiger partial charge on any atom is 0.341 e. The van der Waals surface area contributed by atoms with Crippen LogP contribution in [0, 0.1) is 0 Å². The monoisotopic (exact) mass is 362 g/mol. The van der Waals surface area contributed by atoms with Crippen molar-refractivity contribution >= 4 is 5.97 Å². The molecule has 0 aliphatic heterocycles. The van der Waals surface area contributed by atoms with Gasteiger partial charge in [-0.3, -0.25) is 0 Å². The first-order valence-electron chi connectivity index (χ1n) is 10.6. The largest absolute Gasteiger partial charge is 0.486 e. The molecule has 0 saturated carbocycles. The van der Waals surface area contributed by atoms with Crippen LogP contribution < -0.4 is 4.74 Å². The van der Waals surface area contributed by atoms with E-state index in [1.165, 1.54) is 25.7 Å². The average Bonchev–Trinajstić information content (AvgIpc) is 2.67. The minimum absolute atomic E-state index is 0.202. The van der Waals surface area contributed by atoms with Crippen LogP contribution in [0.1, 0.15) is 102 Å². The fourth-order valence-electron chi connectivity index (χ4n) is 3.23. The van der Waals surface area contributed by atoms with Gasteiger partial charge in [-0.05, 0) is 44.2 Å². The molecule has 0 atom stereocenters. The van der Waals surface area contributed by atoms with Gasteiger partial charge in [0.25, 0.3) is 0 Å². The molecule has 0 aromatic heterocycles. The Balaban J connectivity index is 2.77. The van der Waals surface area contributed by atoms with E-state index in [0.29, 0.717) is 17.9 Å². The Bertz CT molecular complexity index is 506.